The van der Waals surface area contributed by atoms with Gasteiger partial charge in [-0.3, -0.25) is 9.78 Å². The molecule has 162 valence electrons. The quantitative estimate of drug-likeness (QED) is 0.496. The second-order valence-corrected chi connectivity index (χ2v) is 9.16. The Hall–Kier alpha value is -2.70. The lowest BCUT2D eigenvalue weighted by Gasteiger charge is -2.21. The number of benzene rings is 1. The first-order valence-corrected chi connectivity index (χ1v) is 11.5. The molecule has 0 aliphatic heterocycles. The van der Waals surface area contributed by atoms with E-state index in [-0.39, 0.29) is 0 Å². The highest BCUT2D eigenvalue weighted by Crippen LogP contribution is 2.36. The molecular formula is C25H30N4OS. The second kappa shape index (κ2) is 10.1. The van der Waals surface area contributed by atoms with Gasteiger partial charge in [-0.15, -0.1) is 11.8 Å². The van der Waals surface area contributed by atoms with Crippen molar-refractivity contribution in [2.24, 2.45) is 17.4 Å². The lowest BCUT2D eigenvalue weighted by molar-refractivity contribution is 0.0992. The maximum atomic E-state index is 11.8. The van der Waals surface area contributed by atoms with Crippen molar-refractivity contribution in [2.45, 2.75) is 51.3 Å². The molecule has 5 nitrogen and oxygen atoms in total. The summed E-state index contributed by atoms with van der Waals surface area (Å²) < 4.78 is 0. The average Bonchev–Trinajstić information content (AvgIpc) is 2.73. The number of hydrogen-bond acceptors (Lipinski definition) is 5. The first kappa shape index (κ1) is 23.0. The van der Waals surface area contributed by atoms with E-state index in [1.165, 1.54) is 5.56 Å². The number of pyridine rings is 2. The molecule has 1 aromatic carbocycles. The minimum atomic E-state index is -0.522. The molecule has 3 aromatic rings. The first-order chi connectivity index (χ1) is 14.8. The number of thioether (sulfide) groups is 1. The molecule has 4 N–H and O–H groups in total. The summed E-state index contributed by atoms with van der Waals surface area (Å²) in [5.74, 6) is 0.603. The highest BCUT2D eigenvalue weighted by Gasteiger charge is 2.20. The molecule has 0 aliphatic rings. The van der Waals surface area contributed by atoms with Crippen molar-refractivity contribution in [1.29, 1.82) is 0 Å². The van der Waals surface area contributed by atoms with E-state index in [1.807, 2.05) is 12.1 Å². The molecule has 2 heterocycles. The first-order valence-electron chi connectivity index (χ1n) is 10.5. The topological polar surface area (TPSA) is 94.9 Å². The number of carbonyl (C=O) groups is 1. The SMILES string of the molecule is Cc1ccc(-c2c(CSc3cccnc3C(N)=O)c(C)nc(CC(C)C)c2CN)cc1. The predicted octanol–water partition coefficient (Wildman–Crippen LogP) is 4.81. The van der Waals surface area contributed by atoms with Gasteiger partial charge in [0.2, 0.25) is 0 Å². The lowest BCUT2D eigenvalue weighted by Crippen LogP contribution is -2.14. The fraction of sp³-hybridized carbons (Fsp3) is 0.320. The normalized spacial score (nSPS) is 11.2. The number of primary amides is 1. The van der Waals surface area contributed by atoms with E-state index in [4.69, 9.17) is 16.5 Å². The summed E-state index contributed by atoms with van der Waals surface area (Å²) in [7, 11) is 0. The monoisotopic (exact) mass is 434 g/mol. The van der Waals surface area contributed by atoms with Crippen LogP contribution in [0.5, 0.6) is 0 Å². The molecule has 0 saturated carbocycles. The summed E-state index contributed by atoms with van der Waals surface area (Å²) >= 11 is 1.55. The van der Waals surface area contributed by atoms with Crippen LogP contribution in [-0.4, -0.2) is 15.9 Å². The van der Waals surface area contributed by atoms with Gasteiger partial charge in [0.25, 0.3) is 5.91 Å². The zero-order valence-electron chi connectivity index (χ0n) is 18.6. The van der Waals surface area contributed by atoms with Crippen LogP contribution in [0.3, 0.4) is 0 Å². The van der Waals surface area contributed by atoms with E-state index < -0.39 is 5.91 Å². The average molecular weight is 435 g/mol. The third kappa shape index (κ3) is 5.32. The highest BCUT2D eigenvalue weighted by atomic mass is 32.2. The van der Waals surface area contributed by atoms with E-state index in [0.717, 1.165) is 45.0 Å². The van der Waals surface area contributed by atoms with E-state index >= 15 is 0 Å². The van der Waals surface area contributed by atoms with Gasteiger partial charge in [-0.1, -0.05) is 43.7 Å². The third-order valence-electron chi connectivity index (χ3n) is 5.21. The molecule has 6 heteroatoms. The van der Waals surface area contributed by atoms with Crippen LogP contribution in [0.15, 0.2) is 47.5 Å². The molecule has 0 unspecified atom stereocenters. The van der Waals surface area contributed by atoms with Crippen LogP contribution < -0.4 is 11.5 Å². The maximum Gasteiger partial charge on any atom is 0.268 e. The van der Waals surface area contributed by atoms with Crippen molar-refractivity contribution in [3.63, 3.8) is 0 Å². The summed E-state index contributed by atoms with van der Waals surface area (Å²) in [6.07, 6.45) is 2.47. The second-order valence-electron chi connectivity index (χ2n) is 8.15. The molecule has 0 bridgehead atoms. The third-order valence-corrected chi connectivity index (χ3v) is 6.29. The Balaban J connectivity index is 2.12. The molecule has 0 atom stereocenters. The zero-order valence-corrected chi connectivity index (χ0v) is 19.4. The van der Waals surface area contributed by atoms with E-state index in [2.05, 4.69) is 56.9 Å². The largest absolute Gasteiger partial charge is 0.364 e. The Morgan fingerprint density at radius 1 is 1.10 bits per heavy atom. The molecular weight excluding hydrogens is 404 g/mol. The number of amides is 1. The maximum absolute atomic E-state index is 11.8. The minimum absolute atomic E-state index is 0.297. The number of nitrogens with zero attached hydrogens (tertiary/aromatic N) is 2. The molecule has 0 fully saturated rings. The van der Waals surface area contributed by atoms with Gasteiger partial charge in [0.1, 0.15) is 5.69 Å². The Bertz CT molecular complexity index is 1080. The summed E-state index contributed by atoms with van der Waals surface area (Å²) in [5, 5.41) is 0. The minimum Gasteiger partial charge on any atom is -0.364 e. The Kier molecular flexibility index (Phi) is 7.46. The van der Waals surface area contributed by atoms with Crippen LogP contribution in [0.2, 0.25) is 0 Å². The fourth-order valence-electron chi connectivity index (χ4n) is 3.71. The number of carbonyl (C=O) groups excluding carboxylic acids is 1. The van der Waals surface area contributed by atoms with Gasteiger partial charge in [0.05, 0.1) is 0 Å². The van der Waals surface area contributed by atoms with E-state index in [1.54, 1.807) is 18.0 Å². The molecule has 31 heavy (non-hydrogen) atoms. The molecule has 0 radical (unpaired) electrons. The van der Waals surface area contributed by atoms with E-state index in [0.29, 0.717) is 23.9 Å². The van der Waals surface area contributed by atoms with Crippen molar-refractivity contribution in [3.05, 3.63) is 76.4 Å². The zero-order chi connectivity index (χ0) is 22.5. The molecule has 0 spiro atoms. The van der Waals surface area contributed by atoms with Crippen molar-refractivity contribution in [1.82, 2.24) is 9.97 Å². The fourth-order valence-corrected chi connectivity index (χ4v) is 4.83. The van der Waals surface area contributed by atoms with Crippen molar-refractivity contribution >= 4 is 17.7 Å². The van der Waals surface area contributed by atoms with Crippen molar-refractivity contribution in [3.8, 4) is 11.1 Å². The predicted molar refractivity (Wildman–Crippen MR) is 128 cm³/mol. The number of aryl methyl sites for hydroxylation is 2. The van der Waals surface area contributed by atoms with Crippen molar-refractivity contribution in [2.75, 3.05) is 0 Å². The van der Waals surface area contributed by atoms with Crippen LogP contribution in [0.25, 0.3) is 11.1 Å². The van der Waals surface area contributed by atoms with Crippen LogP contribution in [0, 0.1) is 19.8 Å². The highest BCUT2D eigenvalue weighted by molar-refractivity contribution is 7.98. The summed E-state index contributed by atoms with van der Waals surface area (Å²) in [5.41, 5.74) is 19.9. The van der Waals surface area contributed by atoms with E-state index in [9.17, 15) is 4.79 Å². The Morgan fingerprint density at radius 2 is 1.81 bits per heavy atom. The van der Waals surface area contributed by atoms with Gasteiger partial charge in [0.15, 0.2) is 0 Å². The van der Waals surface area contributed by atoms with Gasteiger partial charge < -0.3 is 11.5 Å². The number of rotatable bonds is 8. The summed E-state index contributed by atoms with van der Waals surface area (Å²) in [4.78, 5) is 21.7. The van der Waals surface area contributed by atoms with Crippen LogP contribution in [-0.2, 0) is 18.7 Å². The van der Waals surface area contributed by atoms with Crippen LogP contribution in [0.4, 0.5) is 0 Å². The van der Waals surface area contributed by atoms with Crippen LogP contribution in [0.1, 0.15) is 52.4 Å². The smallest absolute Gasteiger partial charge is 0.268 e. The van der Waals surface area contributed by atoms with Gasteiger partial charge in [-0.05, 0) is 60.6 Å². The molecule has 0 saturated heterocycles. The van der Waals surface area contributed by atoms with Gasteiger partial charge in [-0.2, -0.15) is 0 Å². The number of nitrogens with two attached hydrogens (primary N) is 2. The van der Waals surface area contributed by atoms with Gasteiger partial charge >= 0.3 is 0 Å². The standard InChI is InChI=1S/C25H30N4OS/c1-15(2)12-21-19(13-26)23(18-9-7-16(3)8-10-18)20(17(4)29-21)14-31-22-6-5-11-28-24(22)25(27)30/h5-11,15H,12-14,26H2,1-4H3,(H2,27,30). The van der Waals surface area contributed by atoms with Crippen molar-refractivity contribution < 1.29 is 4.79 Å². The van der Waals surface area contributed by atoms with Gasteiger partial charge in [-0.25, -0.2) is 4.98 Å². The molecule has 2 aromatic heterocycles. The molecule has 3 rings (SSSR count). The summed E-state index contributed by atoms with van der Waals surface area (Å²) in [6, 6.07) is 12.2. The summed E-state index contributed by atoms with van der Waals surface area (Å²) in [6.45, 7) is 8.95. The van der Waals surface area contributed by atoms with Crippen LogP contribution >= 0.6 is 11.8 Å². The number of hydrogen-bond donors (Lipinski definition) is 2. The molecule has 0 aliphatic carbocycles. The van der Waals surface area contributed by atoms with Gasteiger partial charge in [0, 0.05) is 34.8 Å². The Labute approximate surface area is 188 Å². The lowest BCUT2D eigenvalue weighted by atomic mass is 9.90. The Morgan fingerprint density at radius 3 is 2.42 bits per heavy atom. The number of aromatic nitrogens is 2. The molecule has 1 amide bonds.